The first kappa shape index (κ1) is 30.8. The number of fused-ring (bicyclic) bond motifs is 1. The molecule has 1 fully saturated rings. The Balaban J connectivity index is 0.000000306. The van der Waals surface area contributed by atoms with Gasteiger partial charge in [0.25, 0.3) is 0 Å². The molecule has 3 aromatic rings. The average Bonchev–Trinajstić information content (AvgIpc) is 3.16. The summed E-state index contributed by atoms with van der Waals surface area (Å²) < 4.78 is 0. The lowest BCUT2D eigenvalue weighted by atomic mass is 10.1. The lowest BCUT2D eigenvalue weighted by Crippen LogP contribution is -2.27. The van der Waals surface area contributed by atoms with E-state index in [0.29, 0.717) is 12.6 Å². The fourth-order valence-electron chi connectivity index (χ4n) is 4.39. The van der Waals surface area contributed by atoms with Gasteiger partial charge in [0.2, 0.25) is 11.9 Å². The van der Waals surface area contributed by atoms with Crippen LogP contribution in [0.3, 0.4) is 0 Å². The van der Waals surface area contributed by atoms with E-state index in [1.54, 1.807) is 0 Å². The number of rotatable bonds is 6. The quantitative estimate of drug-likeness (QED) is 0.245. The minimum Gasteiger partial charge on any atom is -0.396 e. The molecule has 5 rings (SSSR count). The van der Waals surface area contributed by atoms with E-state index in [2.05, 4.69) is 98.6 Å². The maximum Gasteiger partial charge on any atom is 0.248 e. The van der Waals surface area contributed by atoms with Crippen molar-refractivity contribution in [1.29, 1.82) is 0 Å². The molecule has 40 heavy (non-hydrogen) atoms. The zero-order valence-electron chi connectivity index (χ0n) is 24.5. The number of hydrogen-bond acceptors (Lipinski definition) is 7. The number of allylic oxidation sites excluding steroid dienone is 3. The first-order chi connectivity index (χ1) is 19.5. The van der Waals surface area contributed by atoms with Crippen LogP contribution in [0.2, 0.25) is 0 Å². The first-order valence-electron chi connectivity index (χ1n) is 14.5. The largest absolute Gasteiger partial charge is 0.396 e. The first-order valence-corrected chi connectivity index (χ1v) is 14.5. The van der Waals surface area contributed by atoms with Gasteiger partial charge in [-0.05, 0) is 51.2 Å². The summed E-state index contributed by atoms with van der Waals surface area (Å²) in [5, 5.41) is 12.3. The van der Waals surface area contributed by atoms with E-state index < -0.39 is 0 Å². The van der Waals surface area contributed by atoms with Crippen molar-refractivity contribution in [1.82, 2.24) is 19.9 Å². The Morgan fingerprint density at radius 3 is 2.38 bits per heavy atom. The Hall–Kier alpha value is -3.78. The van der Waals surface area contributed by atoms with Crippen LogP contribution in [-0.2, 0) is 12.8 Å². The van der Waals surface area contributed by atoms with Gasteiger partial charge in [-0.1, -0.05) is 80.3 Å². The van der Waals surface area contributed by atoms with Crippen molar-refractivity contribution in [3.8, 4) is 0 Å². The number of anilines is 2. The van der Waals surface area contributed by atoms with Crippen LogP contribution < -0.4 is 10.3 Å². The smallest absolute Gasteiger partial charge is 0.248 e. The number of aryl methyl sites for hydroxylation is 3. The van der Waals surface area contributed by atoms with Gasteiger partial charge >= 0.3 is 0 Å². The monoisotopic (exact) mass is 543 g/mol. The fourth-order valence-corrected chi connectivity index (χ4v) is 4.39. The summed E-state index contributed by atoms with van der Waals surface area (Å²) in [7, 11) is 0. The van der Waals surface area contributed by atoms with Gasteiger partial charge < -0.3 is 15.0 Å². The second-order valence-electron chi connectivity index (χ2n) is 10.0. The molecule has 2 aliphatic rings. The number of nitrogens with zero attached hydrogens (tertiary/aromatic N) is 5. The molecule has 214 valence electrons. The predicted molar refractivity (Wildman–Crippen MR) is 167 cm³/mol. The van der Waals surface area contributed by atoms with Crippen LogP contribution in [-0.4, -0.2) is 51.0 Å². The Morgan fingerprint density at radius 2 is 1.75 bits per heavy atom. The van der Waals surface area contributed by atoms with Crippen LogP contribution >= 0.6 is 0 Å². The van der Waals surface area contributed by atoms with E-state index in [9.17, 15) is 0 Å². The molecular formula is C32H45N7O. The van der Waals surface area contributed by atoms with Crippen LogP contribution in [0.5, 0.6) is 0 Å². The Morgan fingerprint density at radius 1 is 1.02 bits per heavy atom. The van der Waals surface area contributed by atoms with E-state index in [1.807, 2.05) is 25.4 Å². The molecule has 1 aromatic carbocycles. The van der Waals surface area contributed by atoms with Gasteiger partial charge in [-0.2, -0.15) is 20.1 Å². The van der Waals surface area contributed by atoms with Gasteiger partial charge in [-0.25, -0.2) is 5.43 Å². The third kappa shape index (κ3) is 10.1. The van der Waals surface area contributed by atoms with Gasteiger partial charge in [0, 0.05) is 43.6 Å². The highest BCUT2D eigenvalue weighted by atomic mass is 16.2. The van der Waals surface area contributed by atoms with E-state index in [1.165, 1.54) is 42.4 Å². The number of aromatic amines is 1. The second kappa shape index (κ2) is 17.0. The molecule has 3 heterocycles. The van der Waals surface area contributed by atoms with Crippen LogP contribution in [0, 0.1) is 13.8 Å². The Labute approximate surface area is 239 Å². The summed E-state index contributed by atoms with van der Waals surface area (Å²) in [5.74, 6) is 2.05. The van der Waals surface area contributed by atoms with Gasteiger partial charge in [0.05, 0.1) is 6.21 Å². The molecule has 0 bridgehead atoms. The van der Waals surface area contributed by atoms with Gasteiger partial charge in [-0.15, -0.1) is 0 Å². The predicted octanol–water partition coefficient (Wildman–Crippen LogP) is 6.41. The number of hydrazone groups is 1. The zero-order chi connectivity index (χ0) is 28.6. The van der Waals surface area contributed by atoms with Gasteiger partial charge in [0.15, 0.2) is 0 Å². The average molecular weight is 544 g/mol. The number of nitrogens with one attached hydrogen (secondary N) is 2. The molecule has 0 amide bonds. The minimum atomic E-state index is 0.319. The van der Waals surface area contributed by atoms with Crippen molar-refractivity contribution >= 4 is 24.2 Å². The molecule has 1 aliphatic carbocycles. The highest BCUT2D eigenvalue weighted by Crippen LogP contribution is 2.19. The normalized spacial score (nSPS) is 14.4. The molecule has 8 heteroatoms. The summed E-state index contributed by atoms with van der Waals surface area (Å²) in [6.07, 6.45) is 19.6. The molecule has 0 saturated carbocycles. The molecule has 1 saturated heterocycles. The lowest BCUT2D eigenvalue weighted by molar-refractivity contribution is 0.295. The lowest BCUT2D eigenvalue weighted by Gasteiger charge is -2.20. The third-order valence-corrected chi connectivity index (χ3v) is 6.53. The minimum absolute atomic E-state index is 0.319. The number of hydrogen-bond donors (Lipinski definition) is 3. The zero-order valence-corrected chi connectivity index (χ0v) is 24.5. The Bertz CT molecular complexity index is 1230. The van der Waals surface area contributed by atoms with E-state index in [4.69, 9.17) is 5.11 Å². The maximum atomic E-state index is 7.88. The van der Waals surface area contributed by atoms with Crippen molar-refractivity contribution in [2.45, 2.75) is 72.6 Å². The fraction of sp³-hybridized carbons (Fsp3) is 0.438. The third-order valence-electron chi connectivity index (χ3n) is 6.53. The number of benzene rings is 1. The van der Waals surface area contributed by atoms with Crippen LogP contribution in [0.25, 0.3) is 6.08 Å². The van der Waals surface area contributed by atoms with E-state index in [-0.39, 0.29) is 0 Å². The second-order valence-corrected chi connectivity index (χ2v) is 10.0. The van der Waals surface area contributed by atoms with Crippen molar-refractivity contribution in [3.05, 3.63) is 82.5 Å². The number of H-pyrrole nitrogens is 1. The molecule has 0 unspecified atom stereocenters. The molecule has 1 aliphatic heterocycles. The molecule has 0 spiro atoms. The van der Waals surface area contributed by atoms with Gasteiger partial charge in [-0.3, -0.25) is 0 Å². The molecule has 0 atom stereocenters. The number of aromatic nitrogens is 4. The molecule has 8 nitrogen and oxygen atoms in total. The standard InChI is InChI=1S/C21H27N7.C8H10.C3H8O/c1-2-19-24-20(26-21(25-19)28-12-8-3-4-9-13-28)27-23-15-16-14-22-18-11-7-5-6-10-17(16)18;1-7-4-3-5-8(2)6-7;1-2-3-4/h5-7,11,14-15,22H,2-4,8-10,12-13H2,1H3,(H,24,25,26,27);3-6H,1-2H3;4H,2-3H2,1H3/b23-15+;;. The Kier molecular flexibility index (Phi) is 13.1. The molecular weight excluding hydrogens is 498 g/mol. The summed E-state index contributed by atoms with van der Waals surface area (Å²) in [4.78, 5) is 19.3. The van der Waals surface area contributed by atoms with Crippen LogP contribution in [0.1, 0.15) is 79.7 Å². The van der Waals surface area contributed by atoms with Crippen molar-refractivity contribution in [2.75, 3.05) is 30.0 Å². The number of aliphatic hydroxyl groups is 1. The van der Waals surface area contributed by atoms with Crippen LogP contribution in [0.4, 0.5) is 11.9 Å². The maximum absolute atomic E-state index is 7.88. The summed E-state index contributed by atoms with van der Waals surface area (Å²) in [6.45, 7) is 10.5. The van der Waals surface area contributed by atoms with E-state index in [0.717, 1.165) is 55.4 Å². The van der Waals surface area contributed by atoms with Gasteiger partial charge in [0.1, 0.15) is 5.82 Å². The molecule has 3 N–H and O–H groups in total. The highest BCUT2D eigenvalue weighted by molar-refractivity contribution is 5.84. The summed E-state index contributed by atoms with van der Waals surface area (Å²) in [5.41, 5.74) is 9.12. The summed E-state index contributed by atoms with van der Waals surface area (Å²) in [6, 6.07) is 8.45. The molecule has 2 aromatic heterocycles. The van der Waals surface area contributed by atoms with Crippen LogP contribution in [0.15, 0.2) is 53.8 Å². The van der Waals surface area contributed by atoms with Crippen molar-refractivity contribution in [3.63, 3.8) is 0 Å². The van der Waals surface area contributed by atoms with E-state index >= 15 is 0 Å². The molecule has 0 radical (unpaired) electrons. The van der Waals surface area contributed by atoms with Crippen molar-refractivity contribution in [2.24, 2.45) is 5.10 Å². The highest BCUT2D eigenvalue weighted by Gasteiger charge is 2.15. The van der Waals surface area contributed by atoms with Crippen molar-refractivity contribution < 1.29 is 5.11 Å². The number of aliphatic hydroxyl groups excluding tert-OH is 1. The SMILES string of the molecule is CCCO.CCc1nc(N/N=C/c2c[nH]c3c2CC=CC=C3)nc(N2CCCCCC2)n1.Cc1cccc(C)c1. The summed E-state index contributed by atoms with van der Waals surface area (Å²) >= 11 is 0. The topological polar surface area (TPSA) is 102 Å².